The van der Waals surface area contributed by atoms with E-state index < -0.39 is 17.2 Å². The van der Waals surface area contributed by atoms with Crippen LogP contribution in [0.5, 0.6) is 0 Å². The van der Waals surface area contributed by atoms with Crippen LogP contribution in [0.15, 0.2) is 17.1 Å². The summed E-state index contributed by atoms with van der Waals surface area (Å²) in [5.41, 5.74) is -1.29. The highest BCUT2D eigenvalue weighted by atomic mass is 35.5. The average Bonchev–Trinajstić information content (AvgIpc) is 2.94. The second-order valence-corrected chi connectivity index (χ2v) is 3.86. The predicted molar refractivity (Wildman–Crippen MR) is 50.4 cm³/mol. The zero-order valence-corrected chi connectivity index (χ0v) is 8.31. The first-order chi connectivity index (χ1) is 7.10. The van der Waals surface area contributed by atoms with Crippen molar-refractivity contribution in [3.8, 4) is 0 Å². The largest absolute Gasteiger partial charge is 0.235 e. The Hall–Kier alpha value is -1.25. The SMILES string of the molecule is O=C=NC1(c2c(F)ccc(Cl)c2F)CC1. The van der Waals surface area contributed by atoms with E-state index in [1.165, 1.54) is 6.08 Å². The van der Waals surface area contributed by atoms with Gasteiger partial charge in [-0.3, -0.25) is 0 Å². The molecule has 78 valence electrons. The lowest BCUT2D eigenvalue weighted by molar-refractivity contribution is 0.515. The van der Waals surface area contributed by atoms with E-state index in [1.807, 2.05) is 0 Å². The van der Waals surface area contributed by atoms with E-state index in [-0.39, 0.29) is 10.6 Å². The van der Waals surface area contributed by atoms with Gasteiger partial charge in [0.15, 0.2) is 0 Å². The third-order valence-electron chi connectivity index (χ3n) is 2.49. The number of hydrogen-bond donors (Lipinski definition) is 0. The van der Waals surface area contributed by atoms with Crippen molar-refractivity contribution in [1.29, 1.82) is 0 Å². The normalized spacial score (nSPS) is 17.0. The monoisotopic (exact) mass is 229 g/mol. The van der Waals surface area contributed by atoms with E-state index in [1.54, 1.807) is 0 Å². The van der Waals surface area contributed by atoms with Gasteiger partial charge in [-0.2, -0.15) is 4.99 Å². The molecule has 0 heterocycles. The molecule has 0 unspecified atom stereocenters. The minimum atomic E-state index is -1.07. The van der Waals surface area contributed by atoms with Crippen LogP contribution in [0, 0.1) is 11.6 Å². The lowest BCUT2D eigenvalue weighted by atomic mass is 10.0. The van der Waals surface area contributed by atoms with Crippen LogP contribution >= 0.6 is 11.6 Å². The van der Waals surface area contributed by atoms with Crippen molar-refractivity contribution < 1.29 is 13.6 Å². The lowest BCUT2D eigenvalue weighted by Gasteiger charge is -2.11. The fraction of sp³-hybridized carbons (Fsp3) is 0.300. The molecular weight excluding hydrogens is 224 g/mol. The molecule has 0 amide bonds. The third-order valence-corrected chi connectivity index (χ3v) is 2.78. The fourth-order valence-corrected chi connectivity index (χ4v) is 1.73. The van der Waals surface area contributed by atoms with Crippen molar-refractivity contribution in [2.75, 3.05) is 0 Å². The molecule has 2 rings (SSSR count). The second-order valence-electron chi connectivity index (χ2n) is 3.45. The maximum absolute atomic E-state index is 13.6. The first-order valence-corrected chi connectivity index (χ1v) is 4.71. The van der Waals surface area contributed by atoms with Crippen LogP contribution in [0.4, 0.5) is 8.78 Å². The number of halogens is 3. The van der Waals surface area contributed by atoms with Gasteiger partial charge in [0, 0.05) is 0 Å². The van der Waals surface area contributed by atoms with Gasteiger partial charge in [-0.15, -0.1) is 0 Å². The summed E-state index contributed by atoms with van der Waals surface area (Å²) in [6.45, 7) is 0. The molecule has 0 aliphatic heterocycles. The van der Waals surface area contributed by atoms with Gasteiger partial charge in [0.2, 0.25) is 6.08 Å². The van der Waals surface area contributed by atoms with Crippen molar-refractivity contribution >= 4 is 17.7 Å². The number of carbonyl (C=O) groups excluding carboxylic acids is 1. The molecule has 1 aromatic rings. The molecule has 2 nitrogen and oxygen atoms in total. The van der Waals surface area contributed by atoms with Crippen LogP contribution in [-0.4, -0.2) is 6.08 Å². The van der Waals surface area contributed by atoms with Crippen LogP contribution in [0.2, 0.25) is 5.02 Å². The van der Waals surface area contributed by atoms with Crippen molar-refractivity contribution in [1.82, 2.24) is 0 Å². The maximum Gasteiger partial charge on any atom is 0.235 e. The van der Waals surface area contributed by atoms with Gasteiger partial charge in [0.1, 0.15) is 17.2 Å². The van der Waals surface area contributed by atoms with Gasteiger partial charge in [-0.25, -0.2) is 13.6 Å². The third kappa shape index (κ3) is 1.56. The van der Waals surface area contributed by atoms with E-state index in [0.29, 0.717) is 12.8 Å². The highest BCUT2D eigenvalue weighted by Crippen LogP contribution is 2.51. The number of benzene rings is 1. The molecule has 1 fully saturated rings. The molecule has 15 heavy (non-hydrogen) atoms. The van der Waals surface area contributed by atoms with Crippen LogP contribution < -0.4 is 0 Å². The molecular formula is C10H6ClF2NO. The van der Waals surface area contributed by atoms with Gasteiger partial charge in [0.05, 0.1) is 10.6 Å². The lowest BCUT2D eigenvalue weighted by Crippen LogP contribution is -2.09. The maximum atomic E-state index is 13.6. The summed E-state index contributed by atoms with van der Waals surface area (Å²) in [5.74, 6) is -1.57. The Morgan fingerprint density at radius 1 is 1.40 bits per heavy atom. The molecule has 1 aliphatic rings. The highest BCUT2D eigenvalue weighted by Gasteiger charge is 2.49. The number of nitrogens with zero attached hydrogens (tertiary/aromatic N) is 1. The molecule has 0 N–H and O–H groups in total. The topological polar surface area (TPSA) is 29.4 Å². The summed E-state index contributed by atoms with van der Waals surface area (Å²) in [4.78, 5) is 13.6. The number of rotatable bonds is 2. The van der Waals surface area contributed by atoms with Gasteiger partial charge in [0.25, 0.3) is 0 Å². The Labute approximate surface area is 89.6 Å². The quantitative estimate of drug-likeness (QED) is 0.436. The Kier molecular flexibility index (Phi) is 2.33. The van der Waals surface area contributed by atoms with Crippen LogP contribution in [0.1, 0.15) is 18.4 Å². The van der Waals surface area contributed by atoms with E-state index >= 15 is 0 Å². The minimum absolute atomic E-state index is 0.168. The molecule has 0 bridgehead atoms. The summed E-state index contributed by atoms with van der Waals surface area (Å²) in [6.07, 6.45) is 2.22. The molecule has 0 aromatic heterocycles. The predicted octanol–water partition coefficient (Wildman–Crippen LogP) is 2.94. The first-order valence-electron chi connectivity index (χ1n) is 4.34. The fourth-order valence-electron chi connectivity index (χ4n) is 1.58. The van der Waals surface area contributed by atoms with Crippen LogP contribution in [0.25, 0.3) is 0 Å². The summed E-state index contributed by atoms with van der Waals surface area (Å²) >= 11 is 5.54. The highest BCUT2D eigenvalue weighted by molar-refractivity contribution is 6.30. The molecule has 1 aromatic carbocycles. The Morgan fingerprint density at radius 2 is 2.07 bits per heavy atom. The summed E-state index contributed by atoms with van der Waals surface area (Å²) < 4.78 is 27.0. The second kappa shape index (κ2) is 3.40. The molecule has 1 saturated carbocycles. The Balaban J connectivity index is 2.62. The van der Waals surface area contributed by atoms with Crippen molar-refractivity contribution in [3.63, 3.8) is 0 Å². The molecule has 1 aliphatic carbocycles. The van der Waals surface area contributed by atoms with Crippen molar-refractivity contribution in [3.05, 3.63) is 34.4 Å². The van der Waals surface area contributed by atoms with E-state index in [9.17, 15) is 13.6 Å². The average molecular weight is 230 g/mol. The Morgan fingerprint density at radius 3 is 2.60 bits per heavy atom. The van der Waals surface area contributed by atoms with Crippen molar-refractivity contribution in [2.45, 2.75) is 18.4 Å². The van der Waals surface area contributed by atoms with Crippen LogP contribution in [-0.2, 0) is 10.3 Å². The molecule has 0 radical (unpaired) electrons. The van der Waals surface area contributed by atoms with Gasteiger partial charge >= 0.3 is 0 Å². The van der Waals surface area contributed by atoms with Crippen molar-refractivity contribution in [2.24, 2.45) is 4.99 Å². The smallest absolute Gasteiger partial charge is 0.211 e. The molecule has 0 saturated heterocycles. The van der Waals surface area contributed by atoms with Gasteiger partial charge in [-0.1, -0.05) is 11.6 Å². The summed E-state index contributed by atoms with van der Waals surface area (Å²) in [5, 5.41) is -0.168. The standard InChI is InChI=1S/C10H6ClF2NO/c11-6-1-2-7(12)8(9(6)13)10(3-4-10)14-5-15/h1-2H,3-4H2. The summed E-state index contributed by atoms with van der Waals surface area (Å²) in [6, 6.07) is 2.21. The molecule has 0 spiro atoms. The molecule has 5 heteroatoms. The van der Waals surface area contributed by atoms with Crippen LogP contribution in [0.3, 0.4) is 0 Å². The van der Waals surface area contributed by atoms with E-state index in [0.717, 1.165) is 12.1 Å². The summed E-state index contributed by atoms with van der Waals surface area (Å²) in [7, 11) is 0. The first kappa shape index (κ1) is 10.3. The number of aliphatic imine (C=N–C) groups is 1. The Bertz CT molecular complexity index is 465. The zero-order chi connectivity index (χ0) is 11.1. The molecule has 0 atom stereocenters. The van der Waals surface area contributed by atoms with Gasteiger partial charge < -0.3 is 0 Å². The van der Waals surface area contributed by atoms with E-state index in [4.69, 9.17) is 11.6 Å². The number of hydrogen-bond acceptors (Lipinski definition) is 2. The minimum Gasteiger partial charge on any atom is -0.211 e. The van der Waals surface area contributed by atoms with E-state index in [2.05, 4.69) is 4.99 Å². The number of isocyanates is 1. The van der Waals surface area contributed by atoms with Gasteiger partial charge in [-0.05, 0) is 25.0 Å². The zero-order valence-electron chi connectivity index (χ0n) is 7.56.